The predicted octanol–water partition coefficient (Wildman–Crippen LogP) is 5.82. The first kappa shape index (κ1) is 27.2. The molecule has 40 heavy (non-hydrogen) atoms. The lowest BCUT2D eigenvalue weighted by Crippen LogP contribution is -2.26. The maximum atomic E-state index is 13.6. The van der Waals surface area contributed by atoms with E-state index in [-0.39, 0.29) is 17.6 Å². The van der Waals surface area contributed by atoms with Crippen LogP contribution in [0.5, 0.6) is 0 Å². The van der Waals surface area contributed by atoms with E-state index in [0.717, 1.165) is 62.1 Å². The summed E-state index contributed by atoms with van der Waals surface area (Å²) in [6, 6.07) is 7.42. The quantitative estimate of drug-likeness (QED) is 0.337. The Morgan fingerprint density at radius 2 is 1.93 bits per heavy atom. The van der Waals surface area contributed by atoms with Gasteiger partial charge in [-0.2, -0.15) is 5.10 Å². The second kappa shape index (κ2) is 11.1. The number of ether oxygens (including phenoxy) is 2. The van der Waals surface area contributed by atoms with E-state index in [2.05, 4.69) is 10.3 Å². The summed E-state index contributed by atoms with van der Waals surface area (Å²) in [5, 5.41) is 8.39. The second-order valence-electron chi connectivity index (χ2n) is 11.0. The Kier molecular flexibility index (Phi) is 7.58. The van der Waals surface area contributed by atoms with Gasteiger partial charge in [0.05, 0.1) is 10.1 Å². The number of primary amides is 1. The number of rotatable bonds is 8. The van der Waals surface area contributed by atoms with Crippen LogP contribution in [-0.4, -0.2) is 47.2 Å². The molecule has 12 heteroatoms. The van der Waals surface area contributed by atoms with Gasteiger partial charge in [0.15, 0.2) is 21.9 Å². The lowest BCUT2D eigenvalue weighted by atomic mass is 9.87. The van der Waals surface area contributed by atoms with E-state index in [0.29, 0.717) is 45.7 Å². The number of nitrogens with zero attached hydrogens (tertiary/aromatic N) is 3. The van der Waals surface area contributed by atoms with Crippen molar-refractivity contribution < 1.29 is 22.7 Å². The van der Waals surface area contributed by atoms with Crippen molar-refractivity contribution in [1.29, 1.82) is 0 Å². The van der Waals surface area contributed by atoms with Crippen LogP contribution in [-0.2, 0) is 19.3 Å². The van der Waals surface area contributed by atoms with Gasteiger partial charge < -0.3 is 20.5 Å². The van der Waals surface area contributed by atoms with Gasteiger partial charge in [-0.15, -0.1) is 11.3 Å². The third kappa shape index (κ3) is 5.75. The molecule has 1 aromatic carbocycles. The van der Waals surface area contributed by atoms with Crippen LogP contribution in [0.4, 0.5) is 16.3 Å². The van der Waals surface area contributed by atoms with Gasteiger partial charge in [0.2, 0.25) is 0 Å². The van der Waals surface area contributed by atoms with Crippen molar-refractivity contribution in [2.75, 3.05) is 11.9 Å². The number of thiazole rings is 1. The summed E-state index contributed by atoms with van der Waals surface area (Å²) in [6.07, 6.45) is 8.66. The molecule has 1 unspecified atom stereocenters. The van der Waals surface area contributed by atoms with Crippen LogP contribution < -0.4 is 11.1 Å². The minimum Gasteiger partial charge on any atom is -0.446 e. The fourth-order valence-electron chi connectivity index (χ4n) is 5.70. The van der Waals surface area contributed by atoms with Crippen molar-refractivity contribution in [3.05, 3.63) is 41.0 Å². The minimum atomic E-state index is -3.49. The van der Waals surface area contributed by atoms with E-state index in [1.807, 2.05) is 36.0 Å². The lowest BCUT2D eigenvalue weighted by molar-refractivity contribution is -0.0404. The maximum Gasteiger partial charge on any atom is 0.404 e. The largest absolute Gasteiger partial charge is 0.446 e. The van der Waals surface area contributed by atoms with Gasteiger partial charge in [0.25, 0.3) is 0 Å². The van der Waals surface area contributed by atoms with Gasteiger partial charge in [0.1, 0.15) is 11.1 Å². The minimum absolute atomic E-state index is 0.0673. The molecule has 0 spiro atoms. The van der Waals surface area contributed by atoms with Crippen LogP contribution in [0.1, 0.15) is 80.5 Å². The van der Waals surface area contributed by atoms with E-state index in [4.69, 9.17) is 20.3 Å². The van der Waals surface area contributed by atoms with Gasteiger partial charge in [-0.25, -0.2) is 22.9 Å². The van der Waals surface area contributed by atoms with Gasteiger partial charge in [-0.3, -0.25) is 0 Å². The molecule has 2 aromatic heterocycles. The molecule has 1 amide bonds. The van der Waals surface area contributed by atoms with Crippen molar-refractivity contribution in [2.45, 2.75) is 93.1 Å². The third-order valence-electron chi connectivity index (χ3n) is 7.99. The molecule has 10 nitrogen and oxygen atoms in total. The van der Waals surface area contributed by atoms with Gasteiger partial charge in [-0.05, 0) is 88.8 Å². The van der Waals surface area contributed by atoms with E-state index in [1.165, 1.54) is 0 Å². The molecule has 1 aliphatic heterocycles. The van der Waals surface area contributed by atoms with E-state index < -0.39 is 15.9 Å². The first-order valence-corrected chi connectivity index (χ1v) is 16.4. The van der Waals surface area contributed by atoms with Crippen LogP contribution in [0.15, 0.2) is 35.4 Å². The number of nitrogens with one attached hydrogen (secondary N) is 1. The standard InChI is InChI=1S/C28H35N5O5S2/c1-17-14-25(32-33(17)26-4-2-3-13-37-26)31-19-7-12-22(24(15-19)40(35,36)21-10-11-21)27-30-16-23(39-27)18-5-8-20(9-6-18)38-28(29)34/h7,12,14-16,18,20-21,26H,2-6,8-11,13H2,1H3,(H2,29,34)(H,31,32). The third-order valence-corrected chi connectivity index (χ3v) is 11.5. The number of amides is 1. The molecule has 6 rings (SSSR count). The number of carbonyl (C=O) groups excluding carboxylic acids is 1. The SMILES string of the molecule is Cc1cc(Nc2ccc(-c3ncc(C4CCC(OC(N)=O)CC4)s3)c(S(=O)(=O)C3CC3)c2)nn1C1CCCCO1. The van der Waals surface area contributed by atoms with E-state index in [1.54, 1.807) is 17.4 Å². The summed E-state index contributed by atoms with van der Waals surface area (Å²) >= 11 is 1.54. The summed E-state index contributed by atoms with van der Waals surface area (Å²) in [5.74, 6) is 0.955. The Balaban J connectivity index is 1.24. The molecule has 1 saturated heterocycles. The van der Waals surface area contributed by atoms with Gasteiger partial charge >= 0.3 is 6.09 Å². The zero-order valence-corrected chi connectivity index (χ0v) is 24.2. The highest BCUT2D eigenvalue weighted by Crippen LogP contribution is 2.43. The number of hydrogen-bond acceptors (Lipinski definition) is 9. The maximum absolute atomic E-state index is 13.6. The van der Waals surface area contributed by atoms with Crippen molar-refractivity contribution in [1.82, 2.24) is 14.8 Å². The van der Waals surface area contributed by atoms with Crippen molar-refractivity contribution >= 4 is 38.8 Å². The molecule has 3 N–H and O–H groups in total. The normalized spacial score (nSPS) is 23.6. The van der Waals surface area contributed by atoms with Crippen LogP contribution in [0.25, 0.3) is 10.6 Å². The number of nitrogens with two attached hydrogens (primary N) is 1. The van der Waals surface area contributed by atoms with Crippen LogP contribution >= 0.6 is 11.3 Å². The molecule has 2 aliphatic carbocycles. The molecular weight excluding hydrogens is 550 g/mol. The molecule has 3 aromatic rings. The Bertz CT molecular complexity index is 1480. The van der Waals surface area contributed by atoms with Crippen LogP contribution in [0, 0.1) is 6.92 Å². The molecule has 214 valence electrons. The van der Waals surface area contributed by atoms with E-state index in [9.17, 15) is 13.2 Å². The average Bonchev–Trinajstić information content (AvgIpc) is 3.60. The zero-order valence-electron chi connectivity index (χ0n) is 22.5. The number of carbonyl (C=O) groups is 1. The molecule has 0 radical (unpaired) electrons. The number of benzene rings is 1. The van der Waals surface area contributed by atoms with Crippen molar-refractivity contribution in [3.63, 3.8) is 0 Å². The average molecular weight is 586 g/mol. The summed E-state index contributed by atoms with van der Waals surface area (Å²) < 4.78 is 40.1. The Morgan fingerprint density at radius 3 is 2.62 bits per heavy atom. The number of hydrogen-bond donors (Lipinski definition) is 2. The Hall–Kier alpha value is -2.96. The van der Waals surface area contributed by atoms with Crippen molar-refractivity contribution in [2.24, 2.45) is 5.73 Å². The number of aryl methyl sites for hydroxylation is 1. The lowest BCUT2D eigenvalue weighted by Gasteiger charge is -2.26. The molecule has 2 saturated carbocycles. The summed E-state index contributed by atoms with van der Waals surface area (Å²) in [5.41, 5.74) is 7.46. The summed E-state index contributed by atoms with van der Waals surface area (Å²) in [7, 11) is -3.49. The van der Waals surface area contributed by atoms with Crippen LogP contribution in [0.2, 0.25) is 0 Å². The highest BCUT2D eigenvalue weighted by Gasteiger charge is 2.39. The fraction of sp³-hybridized carbons (Fsp3) is 0.536. The van der Waals surface area contributed by atoms with Crippen LogP contribution in [0.3, 0.4) is 0 Å². The molecule has 3 fully saturated rings. The smallest absolute Gasteiger partial charge is 0.404 e. The highest BCUT2D eigenvalue weighted by atomic mass is 32.2. The molecule has 3 heterocycles. The predicted molar refractivity (Wildman–Crippen MR) is 153 cm³/mol. The number of anilines is 2. The van der Waals surface area contributed by atoms with E-state index >= 15 is 0 Å². The summed E-state index contributed by atoms with van der Waals surface area (Å²) in [4.78, 5) is 17.2. The molecule has 1 atom stereocenters. The number of aromatic nitrogens is 3. The molecule has 0 bridgehead atoms. The molecule has 3 aliphatic rings. The first-order valence-electron chi connectivity index (χ1n) is 14.0. The van der Waals surface area contributed by atoms with Gasteiger partial charge in [-0.1, -0.05) is 0 Å². The Morgan fingerprint density at radius 1 is 1.12 bits per heavy atom. The van der Waals surface area contributed by atoms with Gasteiger partial charge in [0, 0.05) is 40.7 Å². The topological polar surface area (TPSA) is 138 Å². The monoisotopic (exact) mass is 585 g/mol. The Labute approximate surface area is 238 Å². The first-order chi connectivity index (χ1) is 19.3. The zero-order chi connectivity index (χ0) is 27.9. The highest BCUT2D eigenvalue weighted by molar-refractivity contribution is 7.92. The summed E-state index contributed by atoms with van der Waals surface area (Å²) in [6.45, 7) is 2.74. The second-order valence-corrected chi connectivity index (χ2v) is 14.3. The van der Waals surface area contributed by atoms with Crippen molar-refractivity contribution in [3.8, 4) is 10.6 Å². The molecular formula is C28H35N5O5S2. The number of sulfone groups is 1. The fourth-order valence-corrected chi connectivity index (χ4v) is 8.77.